The smallest absolute Gasteiger partial charge is 0.430 e. The minimum absolute atomic E-state index is 0.0524. The van der Waals surface area contributed by atoms with Crippen molar-refractivity contribution in [2.24, 2.45) is 0 Å². The van der Waals surface area contributed by atoms with Gasteiger partial charge in [0.1, 0.15) is 46.5 Å². The summed E-state index contributed by atoms with van der Waals surface area (Å²) in [5.41, 5.74) is -2.58. The molecule has 2 aromatic heterocycles. The molecule has 32 heavy (non-hydrogen) atoms. The first-order valence-corrected chi connectivity index (χ1v) is 9.72. The van der Waals surface area contributed by atoms with Crippen molar-refractivity contribution in [2.75, 3.05) is 12.4 Å². The molecule has 0 aliphatic heterocycles. The van der Waals surface area contributed by atoms with Gasteiger partial charge in [-0.15, -0.1) is 0 Å². The number of hydrogen-bond donors (Lipinski definition) is 2. The molecule has 4 rings (SSSR count). The van der Waals surface area contributed by atoms with E-state index in [0.29, 0.717) is 12.8 Å². The molecule has 170 valence electrons. The van der Waals surface area contributed by atoms with Crippen LogP contribution in [-0.2, 0) is 0 Å². The summed E-state index contributed by atoms with van der Waals surface area (Å²) in [7, 11) is 1.80. The van der Waals surface area contributed by atoms with Crippen molar-refractivity contribution in [2.45, 2.75) is 31.2 Å². The Morgan fingerprint density at radius 1 is 1.22 bits per heavy atom. The zero-order valence-corrected chi connectivity index (χ0v) is 17.2. The summed E-state index contributed by atoms with van der Waals surface area (Å²) >= 11 is 6.11. The van der Waals surface area contributed by atoms with Crippen LogP contribution in [0, 0.1) is 11.6 Å². The van der Waals surface area contributed by atoms with Gasteiger partial charge >= 0.3 is 6.18 Å². The van der Waals surface area contributed by atoms with Crippen molar-refractivity contribution in [3.63, 3.8) is 0 Å². The van der Waals surface area contributed by atoms with Crippen molar-refractivity contribution in [1.82, 2.24) is 24.9 Å². The van der Waals surface area contributed by atoms with E-state index in [1.807, 2.05) is 5.32 Å². The zero-order chi connectivity index (χ0) is 23.2. The second kappa shape index (κ2) is 8.17. The monoisotopic (exact) mass is 474 g/mol. The van der Waals surface area contributed by atoms with Crippen LogP contribution in [0.5, 0.6) is 5.75 Å². The highest BCUT2D eigenvalue weighted by Crippen LogP contribution is 2.40. The number of fused-ring (bicyclic) bond motifs is 1. The van der Waals surface area contributed by atoms with Crippen molar-refractivity contribution >= 4 is 23.2 Å². The fourth-order valence-electron chi connectivity index (χ4n) is 3.31. The van der Waals surface area contributed by atoms with Gasteiger partial charge in [-0.05, 0) is 19.9 Å². The molecule has 1 aromatic carbocycles. The lowest BCUT2D eigenvalue weighted by molar-refractivity contribution is -0.0899. The molecule has 0 radical (unpaired) electrons. The van der Waals surface area contributed by atoms with E-state index in [0.717, 1.165) is 23.0 Å². The predicted molar refractivity (Wildman–Crippen MR) is 106 cm³/mol. The fourth-order valence-corrected chi connectivity index (χ4v) is 3.57. The molecule has 2 heterocycles. The highest BCUT2D eigenvalue weighted by atomic mass is 35.5. The quantitative estimate of drug-likeness (QED) is 0.409. The minimum atomic E-state index is -4.84. The van der Waals surface area contributed by atoms with E-state index in [9.17, 15) is 13.2 Å². The van der Waals surface area contributed by atoms with Crippen LogP contribution in [0.15, 0.2) is 30.7 Å². The summed E-state index contributed by atoms with van der Waals surface area (Å²) < 4.78 is 75.8. The number of hydrogen-bond acceptors (Lipinski definition) is 6. The van der Waals surface area contributed by atoms with E-state index in [1.54, 1.807) is 7.05 Å². The molecule has 1 aliphatic carbocycles. The maximum absolute atomic E-state index is 15.0. The van der Waals surface area contributed by atoms with Crippen LogP contribution in [0.1, 0.15) is 12.8 Å². The number of nitrogens with zero attached hydrogens (tertiary/aromatic N) is 4. The summed E-state index contributed by atoms with van der Waals surface area (Å²) in [5.74, 6) is -2.94. The molecule has 1 fully saturated rings. The Morgan fingerprint density at radius 2 is 1.88 bits per heavy atom. The largest absolute Gasteiger partial charge is 0.490 e. The third-order valence-electron chi connectivity index (χ3n) is 5.07. The van der Waals surface area contributed by atoms with Crippen LogP contribution < -0.4 is 15.4 Å². The molecule has 0 spiro atoms. The Kier molecular flexibility index (Phi) is 5.67. The molecular formula is C19H16ClF5N6O. The van der Waals surface area contributed by atoms with E-state index in [4.69, 9.17) is 16.3 Å². The maximum atomic E-state index is 15.0. The standard InChI is InChI=1S/C19H16ClF5N6O/c1-8(19(23,24)25)29-17-15(16(20)30-18-27-7-28-31(17)18)14-12(21)5-11(6-13(14)22)32-10-3-9(4-10)26-2/h5-7,9-10,26,29H,1,3-4H2,2H3. The first-order valence-electron chi connectivity index (χ1n) is 9.34. The van der Waals surface area contributed by atoms with E-state index in [2.05, 4.69) is 27.0 Å². The molecule has 0 saturated heterocycles. The number of halogens is 6. The average molecular weight is 475 g/mol. The van der Waals surface area contributed by atoms with Gasteiger partial charge in [-0.3, -0.25) is 0 Å². The highest BCUT2D eigenvalue weighted by Gasteiger charge is 2.35. The van der Waals surface area contributed by atoms with Gasteiger partial charge in [-0.25, -0.2) is 8.78 Å². The van der Waals surface area contributed by atoms with Crippen LogP contribution in [0.2, 0.25) is 5.15 Å². The van der Waals surface area contributed by atoms with Gasteiger partial charge in [-0.1, -0.05) is 18.2 Å². The maximum Gasteiger partial charge on any atom is 0.430 e. The highest BCUT2D eigenvalue weighted by molar-refractivity contribution is 6.33. The third kappa shape index (κ3) is 4.07. The molecule has 2 N–H and O–H groups in total. The van der Waals surface area contributed by atoms with Crippen molar-refractivity contribution in [3.8, 4) is 16.9 Å². The fraction of sp³-hybridized carbons (Fsp3) is 0.316. The minimum Gasteiger partial charge on any atom is -0.490 e. The molecular weight excluding hydrogens is 459 g/mol. The third-order valence-corrected chi connectivity index (χ3v) is 5.34. The number of allylic oxidation sites excluding steroid dienone is 1. The summed E-state index contributed by atoms with van der Waals surface area (Å²) in [6.07, 6.45) is -2.70. The Morgan fingerprint density at radius 3 is 2.47 bits per heavy atom. The van der Waals surface area contributed by atoms with Gasteiger partial charge in [0.15, 0.2) is 0 Å². The number of ether oxygens (including phenoxy) is 1. The lowest BCUT2D eigenvalue weighted by Gasteiger charge is -2.35. The Labute approximate surface area is 183 Å². The van der Waals surface area contributed by atoms with E-state index < -0.39 is 45.6 Å². The molecule has 0 amide bonds. The number of benzene rings is 1. The summed E-state index contributed by atoms with van der Waals surface area (Å²) in [4.78, 5) is 7.63. The number of alkyl halides is 3. The van der Waals surface area contributed by atoms with Gasteiger partial charge in [0, 0.05) is 18.2 Å². The molecule has 0 unspecified atom stereocenters. The Hall–Kier alpha value is -2.99. The Balaban J connectivity index is 1.78. The van der Waals surface area contributed by atoms with E-state index in [-0.39, 0.29) is 23.7 Å². The Bertz CT molecular complexity index is 1170. The predicted octanol–water partition coefficient (Wildman–Crippen LogP) is 4.34. The number of rotatable bonds is 6. The lowest BCUT2D eigenvalue weighted by Crippen LogP contribution is -2.45. The van der Waals surface area contributed by atoms with Crippen molar-refractivity contribution < 1.29 is 26.7 Å². The van der Waals surface area contributed by atoms with Crippen molar-refractivity contribution in [3.05, 3.63) is 47.5 Å². The van der Waals surface area contributed by atoms with Crippen LogP contribution >= 0.6 is 11.6 Å². The molecule has 0 atom stereocenters. The summed E-state index contributed by atoms with van der Waals surface area (Å²) in [6, 6.07) is 2.15. The average Bonchev–Trinajstić information content (AvgIpc) is 3.13. The molecule has 0 bridgehead atoms. The van der Waals surface area contributed by atoms with Crippen molar-refractivity contribution in [1.29, 1.82) is 0 Å². The normalized spacial score (nSPS) is 18.5. The molecule has 3 aromatic rings. The van der Waals surface area contributed by atoms with Crippen LogP contribution in [-0.4, -0.2) is 45.0 Å². The second-order valence-corrected chi connectivity index (χ2v) is 7.52. The SMILES string of the molecule is C=C(Nc1c(-c2c(F)cc(OC3CC(NC)C3)cc2F)c(Cl)nc2ncnn12)C(F)(F)F. The lowest BCUT2D eigenvalue weighted by atomic mass is 9.89. The molecule has 7 nitrogen and oxygen atoms in total. The van der Waals surface area contributed by atoms with Gasteiger partial charge in [-0.2, -0.15) is 32.8 Å². The van der Waals surface area contributed by atoms with Gasteiger partial charge in [0.2, 0.25) is 0 Å². The first kappa shape index (κ1) is 22.2. The van der Waals surface area contributed by atoms with Crippen LogP contribution in [0.4, 0.5) is 27.8 Å². The number of anilines is 1. The molecule has 1 saturated carbocycles. The molecule has 1 aliphatic rings. The summed E-state index contributed by atoms with van der Waals surface area (Å²) in [6.45, 7) is 2.92. The number of nitrogens with one attached hydrogen (secondary N) is 2. The first-order chi connectivity index (χ1) is 15.1. The van der Waals surface area contributed by atoms with E-state index in [1.165, 1.54) is 0 Å². The van der Waals surface area contributed by atoms with Gasteiger partial charge < -0.3 is 15.4 Å². The van der Waals surface area contributed by atoms with Crippen LogP contribution in [0.3, 0.4) is 0 Å². The van der Waals surface area contributed by atoms with Gasteiger partial charge in [0.05, 0.1) is 11.1 Å². The van der Waals surface area contributed by atoms with E-state index >= 15 is 8.78 Å². The van der Waals surface area contributed by atoms with Crippen LogP contribution in [0.25, 0.3) is 16.9 Å². The molecule has 13 heteroatoms. The zero-order valence-electron chi connectivity index (χ0n) is 16.5. The van der Waals surface area contributed by atoms with Gasteiger partial charge in [0.25, 0.3) is 5.78 Å². The second-order valence-electron chi connectivity index (χ2n) is 7.16. The topological polar surface area (TPSA) is 76.4 Å². The summed E-state index contributed by atoms with van der Waals surface area (Å²) in [5, 5.41) is 8.35. The number of aromatic nitrogens is 4.